The van der Waals surface area contributed by atoms with E-state index in [4.69, 9.17) is 5.73 Å². The molecular weight excluding hydrogens is 238 g/mol. The number of amides is 1. The third kappa shape index (κ3) is 2.36. The van der Waals surface area contributed by atoms with Crippen LogP contribution >= 0.6 is 0 Å². The summed E-state index contributed by atoms with van der Waals surface area (Å²) in [6.07, 6.45) is 0.837. The molecule has 1 amide bonds. The van der Waals surface area contributed by atoms with Crippen molar-refractivity contribution in [3.8, 4) is 0 Å². The van der Waals surface area contributed by atoms with Gasteiger partial charge in [0.2, 0.25) is 0 Å². The Morgan fingerprint density at radius 2 is 2.17 bits per heavy atom. The van der Waals surface area contributed by atoms with Crippen molar-refractivity contribution in [2.45, 2.75) is 13.3 Å². The molecule has 1 aromatic rings. The highest BCUT2D eigenvalue weighted by Gasteiger charge is 2.27. The summed E-state index contributed by atoms with van der Waals surface area (Å²) in [6, 6.07) is 2.03. The fourth-order valence-corrected chi connectivity index (χ4v) is 2.20. The van der Waals surface area contributed by atoms with Crippen molar-refractivity contribution in [3.63, 3.8) is 0 Å². The minimum absolute atomic E-state index is 0.0634. The molecule has 1 unspecified atom stereocenters. The summed E-state index contributed by atoms with van der Waals surface area (Å²) in [5.41, 5.74) is 5.76. The average Bonchev–Trinajstić information content (AvgIpc) is 2.81. The predicted molar refractivity (Wildman–Crippen MR) is 64.2 cm³/mol. The maximum absolute atomic E-state index is 13.6. The molecule has 1 saturated heterocycles. The number of aryl methyl sites for hydroxylation is 1. The molecule has 98 valence electrons. The standard InChI is InChI=1S/C13H16F2N2O/c1-8-4-10(12(15)5-11(8)14)13(18)17-3-2-9(6-16)7-17/h4-5,9H,2-3,6-7,16H2,1H3. The second-order valence-electron chi connectivity index (χ2n) is 4.72. The van der Waals surface area contributed by atoms with Crippen molar-refractivity contribution in [1.29, 1.82) is 0 Å². The lowest BCUT2D eigenvalue weighted by Crippen LogP contribution is -2.30. The third-order valence-corrected chi connectivity index (χ3v) is 3.39. The molecule has 18 heavy (non-hydrogen) atoms. The van der Waals surface area contributed by atoms with E-state index in [9.17, 15) is 13.6 Å². The average molecular weight is 254 g/mol. The quantitative estimate of drug-likeness (QED) is 0.873. The van der Waals surface area contributed by atoms with Crippen molar-refractivity contribution in [3.05, 3.63) is 34.9 Å². The zero-order chi connectivity index (χ0) is 13.3. The molecule has 3 nitrogen and oxygen atoms in total. The number of nitrogens with two attached hydrogens (primary N) is 1. The van der Waals surface area contributed by atoms with Crippen molar-refractivity contribution in [2.75, 3.05) is 19.6 Å². The van der Waals surface area contributed by atoms with Crippen LogP contribution in [0.1, 0.15) is 22.3 Å². The van der Waals surface area contributed by atoms with Gasteiger partial charge in [-0.05, 0) is 37.4 Å². The largest absolute Gasteiger partial charge is 0.338 e. The molecule has 1 atom stereocenters. The lowest BCUT2D eigenvalue weighted by molar-refractivity contribution is 0.0783. The maximum atomic E-state index is 13.6. The van der Waals surface area contributed by atoms with Gasteiger partial charge in [-0.3, -0.25) is 4.79 Å². The van der Waals surface area contributed by atoms with Gasteiger partial charge in [0.25, 0.3) is 5.91 Å². The number of benzene rings is 1. The molecule has 2 N–H and O–H groups in total. The number of rotatable bonds is 2. The molecule has 1 heterocycles. The van der Waals surface area contributed by atoms with Gasteiger partial charge in [0, 0.05) is 19.2 Å². The Hall–Kier alpha value is -1.49. The Balaban J connectivity index is 2.22. The monoisotopic (exact) mass is 254 g/mol. The highest BCUT2D eigenvalue weighted by atomic mass is 19.1. The molecule has 1 aliphatic heterocycles. The van der Waals surface area contributed by atoms with Gasteiger partial charge in [-0.15, -0.1) is 0 Å². The van der Waals surface area contributed by atoms with Crippen LogP contribution in [0.25, 0.3) is 0 Å². The summed E-state index contributed by atoms with van der Waals surface area (Å²) in [6.45, 7) is 3.16. The van der Waals surface area contributed by atoms with Gasteiger partial charge < -0.3 is 10.6 Å². The first-order valence-corrected chi connectivity index (χ1v) is 5.98. The molecule has 1 fully saturated rings. The predicted octanol–water partition coefficient (Wildman–Crippen LogP) is 1.69. The molecular formula is C13H16F2N2O. The fourth-order valence-electron chi connectivity index (χ4n) is 2.20. The molecule has 0 spiro atoms. The number of carbonyl (C=O) groups excluding carboxylic acids is 1. The molecule has 0 saturated carbocycles. The second kappa shape index (κ2) is 5.02. The van der Waals surface area contributed by atoms with Crippen LogP contribution < -0.4 is 5.73 Å². The second-order valence-corrected chi connectivity index (χ2v) is 4.72. The van der Waals surface area contributed by atoms with E-state index in [0.29, 0.717) is 19.6 Å². The van der Waals surface area contributed by atoms with Gasteiger partial charge in [0.05, 0.1) is 5.56 Å². The van der Waals surface area contributed by atoms with Crippen molar-refractivity contribution in [2.24, 2.45) is 11.7 Å². The Kier molecular flexibility index (Phi) is 3.61. The van der Waals surface area contributed by atoms with Crippen LogP contribution in [0.2, 0.25) is 0 Å². The molecule has 0 aliphatic carbocycles. The summed E-state index contributed by atoms with van der Waals surface area (Å²) in [5, 5.41) is 0. The van der Waals surface area contributed by atoms with E-state index in [1.807, 2.05) is 0 Å². The van der Waals surface area contributed by atoms with Crippen LogP contribution in [-0.2, 0) is 0 Å². The van der Waals surface area contributed by atoms with Crippen LogP contribution in [0, 0.1) is 24.5 Å². The summed E-state index contributed by atoms with van der Waals surface area (Å²) < 4.78 is 26.7. The summed E-state index contributed by atoms with van der Waals surface area (Å²) in [7, 11) is 0. The molecule has 5 heteroatoms. The van der Waals surface area contributed by atoms with E-state index >= 15 is 0 Å². The molecule has 2 rings (SSSR count). The summed E-state index contributed by atoms with van der Waals surface area (Å²) in [5.74, 6) is -1.55. The Labute approximate surface area is 105 Å². The number of hydrogen-bond donors (Lipinski definition) is 1. The Morgan fingerprint density at radius 3 is 2.78 bits per heavy atom. The third-order valence-electron chi connectivity index (χ3n) is 3.39. The Bertz CT molecular complexity index is 476. The lowest BCUT2D eigenvalue weighted by atomic mass is 10.1. The first-order valence-electron chi connectivity index (χ1n) is 5.98. The van der Waals surface area contributed by atoms with Gasteiger partial charge in [-0.25, -0.2) is 8.78 Å². The van der Waals surface area contributed by atoms with E-state index in [2.05, 4.69) is 0 Å². The Morgan fingerprint density at radius 1 is 1.44 bits per heavy atom. The topological polar surface area (TPSA) is 46.3 Å². The first-order chi connectivity index (χ1) is 8.52. The van der Waals surface area contributed by atoms with E-state index in [0.717, 1.165) is 12.5 Å². The van der Waals surface area contributed by atoms with Crippen LogP contribution in [0.3, 0.4) is 0 Å². The SMILES string of the molecule is Cc1cc(C(=O)N2CCC(CN)C2)c(F)cc1F. The molecule has 0 bridgehead atoms. The number of hydrogen-bond acceptors (Lipinski definition) is 2. The zero-order valence-electron chi connectivity index (χ0n) is 10.2. The van der Waals surface area contributed by atoms with Crippen LogP contribution in [-0.4, -0.2) is 30.4 Å². The highest BCUT2D eigenvalue weighted by Crippen LogP contribution is 2.21. The minimum atomic E-state index is -0.806. The number of nitrogens with zero attached hydrogens (tertiary/aromatic N) is 1. The van der Waals surface area contributed by atoms with Gasteiger partial charge in [0.15, 0.2) is 0 Å². The number of halogens is 2. The lowest BCUT2D eigenvalue weighted by Gasteiger charge is -2.17. The molecule has 1 aromatic carbocycles. The van der Waals surface area contributed by atoms with Crippen molar-refractivity contribution in [1.82, 2.24) is 4.90 Å². The number of carbonyl (C=O) groups is 1. The van der Waals surface area contributed by atoms with Crippen molar-refractivity contribution < 1.29 is 13.6 Å². The molecule has 0 radical (unpaired) electrons. The highest BCUT2D eigenvalue weighted by molar-refractivity contribution is 5.94. The number of likely N-dealkylation sites (tertiary alicyclic amines) is 1. The van der Waals surface area contributed by atoms with Gasteiger partial charge >= 0.3 is 0 Å². The minimum Gasteiger partial charge on any atom is -0.338 e. The normalized spacial score (nSPS) is 19.3. The smallest absolute Gasteiger partial charge is 0.256 e. The van der Waals surface area contributed by atoms with E-state index in [1.165, 1.54) is 13.0 Å². The van der Waals surface area contributed by atoms with Crippen LogP contribution in [0.5, 0.6) is 0 Å². The van der Waals surface area contributed by atoms with E-state index < -0.39 is 11.6 Å². The zero-order valence-corrected chi connectivity index (χ0v) is 10.2. The van der Waals surface area contributed by atoms with Crippen LogP contribution in [0.15, 0.2) is 12.1 Å². The van der Waals surface area contributed by atoms with Gasteiger partial charge in [0.1, 0.15) is 11.6 Å². The maximum Gasteiger partial charge on any atom is 0.256 e. The molecule has 0 aromatic heterocycles. The van der Waals surface area contributed by atoms with E-state index in [-0.39, 0.29) is 23.0 Å². The van der Waals surface area contributed by atoms with Crippen LogP contribution in [0.4, 0.5) is 8.78 Å². The van der Waals surface area contributed by atoms with Gasteiger partial charge in [-0.1, -0.05) is 0 Å². The first kappa shape index (κ1) is 13.0. The molecule has 1 aliphatic rings. The summed E-state index contributed by atoms with van der Waals surface area (Å²) >= 11 is 0. The van der Waals surface area contributed by atoms with Gasteiger partial charge in [-0.2, -0.15) is 0 Å². The van der Waals surface area contributed by atoms with Crippen molar-refractivity contribution >= 4 is 5.91 Å². The van der Waals surface area contributed by atoms with E-state index in [1.54, 1.807) is 4.90 Å². The fraction of sp³-hybridized carbons (Fsp3) is 0.462. The summed E-state index contributed by atoms with van der Waals surface area (Å²) in [4.78, 5) is 13.7.